The predicted molar refractivity (Wildman–Crippen MR) is 148 cm³/mol. The van der Waals surface area contributed by atoms with E-state index in [0.717, 1.165) is 32.3 Å². The normalized spacial score (nSPS) is 18.1. The fourth-order valence-corrected chi connectivity index (χ4v) is 4.31. The van der Waals surface area contributed by atoms with Gasteiger partial charge in [-0.1, -0.05) is 34.1 Å². The quantitative estimate of drug-likeness (QED) is 0.293. The summed E-state index contributed by atoms with van der Waals surface area (Å²) in [4.78, 5) is 22.4. The minimum atomic E-state index is -4.64. The Morgan fingerprint density at radius 1 is 0.795 bits per heavy atom. The van der Waals surface area contributed by atoms with Crippen LogP contribution in [0.25, 0.3) is 0 Å². The van der Waals surface area contributed by atoms with Gasteiger partial charge in [0.15, 0.2) is 0 Å². The third kappa shape index (κ3) is 18.5. The average molecular weight is 576 g/mol. The summed E-state index contributed by atoms with van der Waals surface area (Å²) in [7, 11) is 7.02. The zero-order valence-corrected chi connectivity index (χ0v) is 23.7. The van der Waals surface area contributed by atoms with Gasteiger partial charge in [0, 0.05) is 54.7 Å². The lowest BCUT2D eigenvalue weighted by Crippen LogP contribution is -2.49. The third-order valence-electron chi connectivity index (χ3n) is 6.61. The van der Waals surface area contributed by atoms with Crippen molar-refractivity contribution in [2.75, 3.05) is 54.7 Å². The summed E-state index contributed by atoms with van der Waals surface area (Å²) in [6.45, 7) is 8.50. The van der Waals surface area contributed by atoms with E-state index < -0.39 is 18.1 Å². The number of carbonyl (C=O) groups excluding carboxylic acids is 2. The number of carbonyl (C=O) groups is 2. The number of hydrogen-bond donors (Lipinski definition) is 0. The number of aldehydes is 1. The number of nitrogens with zero attached hydrogens (tertiary/aromatic N) is 1. The third-order valence-corrected chi connectivity index (χ3v) is 6.61. The molecule has 2 fully saturated rings. The van der Waals surface area contributed by atoms with Crippen LogP contribution in [0.5, 0.6) is 0 Å². The highest BCUT2D eigenvalue weighted by atomic mass is 19.4. The summed E-state index contributed by atoms with van der Waals surface area (Å²) in [5.74, 6) is 0. The van der Waals surface area contributed by atoms with Crippen LogP contribution in [-0.4, -0.2) is 95.0 Å². The van der Waals surface area contributed by atoms with Crippen LogP contribution in [0, 0.1) is 0 Å². The molecule has 11 heteroatoms. The molecule has 1 amide bonds. The van der Waals surface area contributed by atoms with Crippen LogP contribution in [0.2, 0.25) is 0 Å². The van der Waals surface area contributed by atoms with Gasteiger partial charge < -0.3 is 28.6 Å². The molecule has 1 heterocycles. The minimum Gasteiger partial charge on any atom is -0.444 e. The molecular weight excluding hydrogens is 519 g/mol. The number of alkyl halides is 3. The zero-order chi connectivity index (χ0) is 28.6. The van der Waals surface area contributed by atoms with Gasteiger partial charge in [-0.3, -0.25) is 4.79 Å². The first-order valence-corrected chi connectivity index (χ1v) is 12.8. The van der Waals surface area contributed by atoms with Crippen LogP contribution in [0.15, 0.2) is 0 Å². The molecule has 0 radical (unpaired) electrons. The monoisotopic (exact) mass is 575 g/mol. The van der Waals surface area contributed by atoms with Gasteiger partial charge in [0.1, 0.15) is 5.60 Å². The maximum absolute atomic E-state index is 12.0. The van der Waals surface area contributed by atoms with Gasteiger partial charge in [0.2, 0.25) is 6.29 Å². The molecule has 1 aliphatic carbocycles. The lowest BCUT2D eigenvalue weighted by Gasteiger charge is -2.41. The second kappa shape index (κ2) is 20.4. The summed E-state index contributed by atoms with van der Waals surface area (Å²) in [5, 5.41) is 0. The van der Waals surface area contributed by atoms with Crippen molar-refractivity contribution in [1.82, 2.24) is 4.90 Å². The van der Waals surface area contributed by atoms with Gasteiger partial charge in [0.25, 0.3) is 0 Å². The van der Waals surface area contributed by atoms with Crippen molar-refractivity contribution in [2.45, 2.75) is 116 Å². The Bertz CT molecular complexity index is 626. The van der Waals surface area contributed by atoms with Crippen molar-refractivity contribution >= 4 is 12.4 Å². The summed E-state index contributed by atoms with van der Waals surface area (Å²) < 4.78 is 58.1. The van der Waals surface area contributed by atoms with E-state index in [0.29, 0.717) is 19.7 Å². The number of rotatable bonds is 8. The Morgan fingerprint density at radius 3 is 1.49 bits per heavy atom. The van der Waals surface area contributed by atoms with E-state index in [4.69, 9.17) is 28.5 Å². The molecule has 0 aromatic rings. The van der Waals surface area contributed by atoms with Gasteiger partial charge in [-0.25, -0.2) is 4.79 Å². The molecular formula is C28H56F3NO7. The van der Waals surface area contributed by atoms with E-state index in [1.807, 2.05) is 27.9 Å². The summed E-state index contributed by atoms with van der Waals surface area (Å²) in [6.07, 6.45) is 4.07. The molecule has 1 saturated carbocycles. The average Bonchev–Trinajstić information content (AvgIpc) is 2.86. The van der Waals surface area contributed by atoms with Crippen LogP contribution >= 0.6 is 0 Å². The fourth-order valence-electron chi connectivity index (χ4n) is 4.31. The molecule has 1 saturated heterocycles. The first-order chi connectivity index (χ1) is 17.2. The van der Waals surface area contributed by atoms with Gasteiger partial charge in [-0.2, -0.15) is 13.2 Å². The molecule has 0 atom stereocenters. The first-order valence-electron chi connectivity index (χ1n) is 12.8. The highest BCUT2D eigenvalue weighted by Gasteiger charge is 2.37. The Hall–Kier alpha value is -1.43. The summed E-state index contributed by atoms with van der Waals surface area (Å²) in [6, 6.07) is 0. The van der Waals surface area contributed by atoms with Crippen molar-refractivity contribution in [3.8, 4) is 0 Å². The number of hydrogen-bond acceptors (Lipinski definition) is 7. The molecule has 0 spiro atoms. The molecule has 0 aromatic carbocycles. The van der Waals surface area contributed by atoms with E-state index >= 15 is 0 Å². The SMILES string of the molecule is C.C.COCCC1(OC)CCCCC1.COCCC1(OC)CCN(C(=O)OC(C)(C)C)CC1.O=CC(F)(F)F. The highest BCUT2D eigenvalue weighted by molar-refractivity contribution is 5.68. The molecule has 236 valence electrons. The van der Waals surface area contributed by atoms with Gasteiger partial charge in [-0.15, -0.1) is 0 Å². The second-order valence-corrected chi connectivity index (χ2v) is 10.4. The largest absolute Gasteiger partial charge is 0.446 e. The molecule has 2 rings (SSSR count). The predicted octanol–water partition coefficient (Wildman–Crippen LogP) is 6.83. The molecule has 1 aliphatic heterocycles. The molecule has 39 heavy (non-hydrogen) atoms. The second-order valence-electron chi connectivity index (χ2n) is 10.4. The maximum Gasteiger partial charge on any atom is 0.446 e. The summed E-state index contributed by atoms with van der Waals surface area (Å²) in [5.41, 5.74) is -0.453. The van der Waals surface area contributed by atoms with Crippen molar-refractivity contribution in [1.29, 1.82) is 0 Å². The Morgan fingerprint density at radius 2 is 1.18 bits per heavy atom. The van der Waals surface area contributed by atoms with Gasteiger partial charge in [-0.05, 0) is 59.3 Å². The van der Waals surface area contributed by atoms with Crippen molar-refractivity contribution in [2.24, 2.45) is 0 Å². The molecule has 0 bridgehead atoms. The molecule has 8 nitrogen and oxygen atoms in total. The molecule has 2 aliphatic rings. The Kier molecular flexibility index (Phi) is 22.0. The van der Waals surface area contributed by atoms with Crippen molar-refractivity contribution in [3.05, 3.63) is 0 Å². The van der Waals surface area contributed by atoms with Crippen LogP contribution < -0.4 is 0 Å². The van der Waals surface area contributed by atoms with Crippen molar-refractivity contribution < 1.29 is 46.4 Å². The van der Waals surface area contributed by atoms with Crippen molar-refractivity contribution in [3.63, 3.8) is 0 Å². The number of ether oxygens (including phenoxy) is 5. The number of likely N-dealkylation sites (tertiary alicyclic amines) is 1. The van der Waals surface area contributed by atoms with E-state index in [2.05, 4.69) is 0 Å². The first kappa shape index (κ1) is 42.0. The maximum atomic E-state index is 12.0. The van der Waals surface area contributed by atoms with Crippen LogP contribution in [0.3, 0.4) is 0 Å². The summed E-state index contributed by atoms with van der Waals surface area (Å²) >= 11 is 0. The van der Waals surface area contributed by atoms with Gasteiger partial charge >= 0.3 is 12.3 Å². The standard InChI is InChI=1S/C14H27NO4.C10H20O2.C2HF3O.2CH4/c1-13(2,3)19-12(16)15-9-6-14(18-5,7-10-15)8-11-17-4;1-11-9-8-10(12-2)6-4-3-5-7-10;3-2(4,5)1-6;;/h6-11H2,1-5H3;3-9H2,1-2H3;1H;2*1H4. The molecule has 0 N–H and O–H groups in total. The Balaban J connectivity index is -0.000000557. The van der Waals surface area contributed by atoms with Gasteiger partial charge in [0.05, 0.1) is 11.2 Å². The lowest BCUT2D eigenvalue weighted by molar-refractivity contribution is -0.156. The molecule has 0 aromatic heterocycles. The lowest BCUT2D eigenvalue weighted by atomic mass is 9.82. The number of halogens is 3. The fraction of sp³-hybridized carbons (Fsp3) is 0.929. The molecule has 0 unspecified atom stereocenters. The number of amides is 1. The number of methoxy groups -OCH3 is 4. The van der Waals surface area contributed by atoms with E-state index in [9.17, 15) is 18.0 Å². The topological polar surface area (TPSA) is 83.5 Å². The van der Waals surface area contributed by atoms with E-state index in [-0.39, 0.29) is 32.1 Å². The Labute approximate surface area is 235 Å². The van der Waals surface area contributed by atoms with Crippen LogP contribution in [-0.2, 0) is 28.5 Å². The van der Waals surface area contributed by atoms with Crippen LogP contribution in [0.1, 0.15) is 93.4 Å². The van der Waals surface area contributed by atoms with Crippen LogP contribution in [0.4, 0.5) is 18.0 Å². The number of piperidine rings is 1. The highest BCUT2D eigenvalue weighted by Crippen LogP contribution is 2.34. The zero-order valence-electron chi connectivity index (χ0n) is 23.7. The van der Waals surface area contributed by atoms with E-state index in [1.54, 1.807) is 26.2 Å². The smallest absolute Gasteiger partial charge is 0.444 e. The minimum absolute atomic E-state index is 0. The van der Waals surface area contributed by atoms with E-state index in [1.165, 1.54) is 32.1 Å².